The van der Waals surface area contributed by atoms with Gasteiger partial charge in [0.2, 0.25) is 0 Å². The lowest BCUT2D eigenvalue weighted by atomic mass is 10.1. The predicted octanol–water partition coefficient (Wildman–Crippen LogP) is 3.86. The Hall–Kier alpha value is -0.580. The molecule has 1 fully saturated rings. The minimum atomic E-state index is 0.0716. The molecule has 2 N–H and O–H groups in total. The van der Waals surface area contributed by atoms with Gasteiger partial charge in [-0.05, 0) is 59.8 Å². The van der Waals surface area contributed by atoms with Gasteiger partial charge in [0.05, 0.1) is 11.8 Å². The molecule has 2 atom stereocenters. The highest BCUT2D eigenvalue weighted by molar-refractivity contribution is 9.10. The largest absolute Gasteiger partial charge is 0.376 e. The van der Waals surface area contributed by atoms with Gasteiger partial charge in [-0.15, -0.1) is 0 Å². The van der Waals surface area contributed by atoms with E-state index < -0.39 is 0 Å². The zero-order chi connectivity index (χ0) is 14.5. The lowest BCUT2D eigenvalue weighted by molar-refractivity contribution is 0.0440. The van der Waals surface area contributed by atoms with Crippen LogP contribution in [0.2, 0.25) is 0 Å². The number of ether oxygens (including phenoxy) is 1. The molecule has 2 rings (SSSR count). The Labute approximate surface area is 130 Å². The summed E-state index contributed by atoms with van der Waals surface area (Å²) in [7, 11) is 0. The van der Waals surface area contributed by atoms with E-state index in [-0.39, 0.29) is 6.04 Å². The maximum absolute atomic E-state index is 5.93. The summed E-state index contributed by atoms with van der Waals surface area (Å²) < 4.78 is 7.04. The maximum Gasteiger partial charge on any atom is 0.0750 e. The van der Waals surface area contributed by atoms with E-state index in [1.807, 2.05) is 6.92 Å². The first kappa shape index (κ1) is 15.8. The molecule has 20 heavy (non-hydrogen) atoms. The van der Waals surface area contributed by atoms with Crippen molar-refractivity contribution in [2.75, 3.05) is 24.6 Å². The summed E-state index contributed by atoms with van der Waals surface area (Å²) in [5.41, 5.74) is 8.35. The fraction of sp³-hybridized carbons (Fsp3) is 0.625. The number of hydrogen-bond acceptors (Lipinski definition) is 3. The lowest BCUT2D eigenvalue weighted by Crippen LogP contribution is -2.40. The second-order valence-corrected chi connectivity index (χ2v) is 6.43. The van der Waals surface area contributed by atoms with Gasteiger partial charge in [0.1, 0.15) is 0 Å². The van der Waals surface area contributed by atoms with Crippen LogP contribution in [0.4, 0.5) is 5.69 Å². The molecule has 0 radical (unpaired) electrons. The first-order chi connectivity index (χ1) is 9.61. The Bertz CT molecular complexity index is 436. The van der Waals surface area contributed by atoms with Crippen molar-refractivity contribution in [1.82, 2.24) is 0 Å². The van der Waals surface area contributed by atoms with E-state index in [0.717, 1.165) is 36.2 Å². The third-order valence-corrected chi connectivity index (χ3v) is 4.41. The Balaban J connectivity index is 2.06. The minimum absolute atomic E-state index is 0.0716. The van der Waals surface area contributed by atoms with E-state index in [9.17, 15) is 0 Å². The van der Waals surface area contributed by atoms with Gasteiger partial charge in [-0.2, -0.15) is 0 Å². The molecular weight excluding hydrogens is 316 g/mol. The van der Waals surface area contributed by atoms with Gasteiger partial charge in [0, 0.05) is 30.2 Å². The van der Waals surface area contributed by atoms with Crippen LogP contribution in [0.1, 0.15) is 44.7 Å². The molecule has 1 aromatic carbocycles. The predicted molar refractivity (Wildman–Crippen MR) is 88.2 cm³/mol. The molecule has 1 aliphatic heterocycles. The fourth-order valence-corrected chi connectivity index (χ4v) is 3.29. The molecule has 0 aromatic heterocycles. The average molecular weight is 341 g/mol. The summed E-state index contributed by atoms with van der Waals surface area (Å²) in [6.45, 7) is 7.11. The summed E-state index contributed by atoms with van der Waals surface area (Å²) in [5, 5.41) is 0. The van der Waals surface area contributed by atoms with Crippen LogP contribution in [-0.2, 0) is 4.74 Å². The van der Waals surface area contributed by atoms with Crippen molar-refractivity contribution in [2.24, 2.45) is 5.73 Å². The normalized spacial score (nSPS) is 21.0. The molecule has 1 aliphatic rings. The molecule has 4 heteroatoms. The molecule has 0 bridgehead atoms. The van der Waals surface area contributed by atoms with Crippen molar-refractivity contribution in [3.63, 3.8) is 0 Å². The number of rotatable bonds is 5. The molecule has 0 spiro atoms. The van der Waals surface area contributed by atoms with E-state index in [4.69, 9.17) is 10.5 Å². The second kappa shape index (κ2) is 7.43. The van der Waals surface area contributed by atoms with E-state index >= 15 is 0 Å². The van der Waals surface area contributed by atoms with E-state index in [2.05, 4.69) is 46.0 Å². The monoisotopic (exact) mass is 340 g/mol. The van der Waals surface area contributed by atoms with Crippen LogP contribution >= 0.6 is 15.9 Å². The SMILES string of the molecule is CCCOC1CCCN(c2ccc(C(C)N)cc2Br)C1. The van der Waals surface area contributed by atoms with Gasteiger partial charge in [0.25, 0.3) is 0 Å². The van der Waals surface area contributed by atoms with Crippen molar-refractivity contribution >= 4 is 21.6 Å². The number of hydrogen-bond donors (Lipinski definition) is 1. The molecule has 112 valence electrons. The third-order valence-electron chi connectivity index (χ3n) is 3.77. The third kappa shape index (κ3) is 3.96. The lowest BCUT2D eigenvalue weighted by Gasteiger charge is -2.35. The highest BCUT2D eigenvalue weighted by Crippen LogP contribution is 2.31. The summed E-state index contributed by atoms with van der Waals surface area (Å²) in [4.78, 5) is 2.42. The minimum Gasteiger partial charge on any atom is -0.376 e. The molecule has 1 aromatic rings. The topological polar surface area (TPSA) is 38.5 Å². The van der Waals surface area contributed by atoms with Gasteiger partial charge < -0.3 is 15.4 Å². The van der Waals surface area contributed by atoms with Crippen LogP contribution in [0.25, 0.3) is 0 Å². The molecule has 1 heterocycles. The van der Waals surface area contributed by atoms with E-state index in [1.54, 1.807) is 0 Å². The highest BCUT2D eigenvalue weighted by Gasteiger charge is 2.22. The van der Waals surface area contributed by atoms with Crippen LogP contribution in [-0.4, -0.2) is 25.8 Å². The standard InChI is InChI=1S/C16H25BrN2O/c1-3-9-20-14-5-4-8-19(11-14)16-7-6-13(12(2)18)10-15(16)17/h6-7,10,12,14H,3-5,8-9,11,18H2,1-2H3. The summed E-state index contributed by atoms with van der Waals surface area (Å²) >= 11 is 3.69. The van der Waals surface area contributed by atoms with Crippen molar-refractivity contribution in [3.8, 4) is 0 Å². The average Bonchev–Trinajstić information content (AvgIpc) is 2.45. The van der Waals surface area contributed by atoms with Gasteiger partial charge in [-0.3, -0.25) is 0 Å². The first-order valence-electron chi connectivity index (χ1n) is 7.53. The van der Waals surface area contributed by atoms with Crippen LogP contribution in [0, 0.1) is 0 Å². The Morgan fingerprint density at radius 2 is 2.30 bits per heavy atom. The first-order valence-corrected chi connectivity index (χ1v) is 8.32. The second-order valence-electron chi connectivity index (χ2n) is 5.58. The molecule has 0 aliphatic carbocycles. The number of nitrogens with zero attached hydrogens (tertiary/aromatic N) is 1. The smallest absolute Gasteiger partial charge is 0.0750 e. The van der Waals surface area contributed by atoms with Crippen molar-refractivity contribution in [1.29, 1.82) is 0 Å². The van der Waals surface area contributed by atoms with Crippen LogP contribution in [0.15, 0.2) is 22.7 Å². The van der Waals surface area contributed by atoms with Crippen molar-refractivity contribution in [2.45, 2.75) is 45.3 Å². The maximum atomic E-state index is 5.93. The Kier molecular flexibility index (Phi) is 5.87. The van der Waals surface area contributed by atoms with Crippen LogP contribution in [0.5, 0.6) is 0 Å². The Morgan fingerprint density at radius 3 is 2.95 bits per heavy atom. The molecule has 0 saturated carbocycles. The number of halogens is 1. The number of benzene rings is 1. The zero-order valence-corrected chi connectivity index (χ0v) is 14.0. The zero-order valence-electron chi connectivity index (χ0n) is 12.4. The summed E-state index contributed by atoms with van der Waals surface area (Å²) in [6.07, 6.45) is 3.81. The van der Waals surface area contributed by atoms with Gasteiger partial charge in [-0.25, -0.2) is 0 Å². The molecule has 1 saturated heterocycles. The van der Waals surface area contributed by atoms with Crippen molar-refractivity contribution < 1.29 is 4.74 Å². The number of anilines is 1. The number of nitrogens with two attached hydrogens (primary N) is 1. The van der Waals surface area contributed by atoms with Crippen LogP contribution < -0.4 is 10.6 Å². The van der Waals surface area contributed by atoms with Gasteiger partial charge in [-0.1, -0.05) is 13.0 Å². The number of piperidine rings is 1. The highest BCUT2D eigenvalue weighted by atomic mass is 79.9. The molecule has 2 unspecified atom stereocenters. The molecule has 0 amide bonds. The van der Waals surface area contributed by atoms with Gasteiger partial charge in [0.15, 0.2) is 0 Å². The van der Waals surface area contributed by atoms with Gasteiger partial charge >= 0.3 is 0 Å². The molecule has 3 nitrogen and oxygen atoms in total. The fourth-order valence-electron chi connectivity index (χ4n) is 2.64. The summed E-state index contributed by atoms with van der Waals surface area (Å²) in [5.74, 6) is 0. The quantitative estimate of drug-likeness (QED) is 0.884. The summed E-state index contributed by atoms with van der Waals surface area (Å²) in [6, 6.07) is 6.50. The Morgan fingerprint density at radius 1 is 1.50 bits per heavy atom. The van der Waals surface area contributed by atoms with E-state index in [0.29, 0.717) is 6.10 Å². The molecular formula is C16H25BrN2O. The van der Waals surface area contributed by atoms with Crippen molar-refractivity contribution in [3.05, 3.63) is 28.2 Å². The van der Waals surface area contributed by atoms with Crippen LogP contribution in [0.3, 0.4) is 0 Å². The van der Waals surface area contributed by atoms with E-state index in [1.165, 1.54) is 18.5 Å².